The predicted octanol–water partition coefficient (Wildman–Crippen LogP) is 2.65. The van der Waals surface area contributed by atoms with Gasteiger partial charge < -0.3 is 14.2 Å². The number of amides is 1. The second kappa shape index (κ2) is 8.52. The maximum absolute atomic E-state index is 12.6. The van der Waals surface area contributed by atoms with E-state index in [9.17, 15) is 4.79 Å². The van der Waals surface area contributed by atoms with Crippen LogP contribution in [0.5, 0.6) is 5.75 Å². The van der Waals surface area contributed by atoms with Crippen LogP contribution in [0.2, 0.25) is 0 Å². The Labute approximate surface area is 160 Å². The van der Waals surface area contributed by atoms with E-state index in [2.05, 4.69) is 22.0 Å². The lowest BCUT2D eigenvalue weighted by atomic mass is 10.1. The second-order valence-electron chi connectivity index (χ2n) is 7.27. The van der Waals surface area contributed by atoms with Gasteiger partial charge in [0.05, 0.1) is 19.6 Å². The molecule has 1 unspecified atom stereocenters. The van der Waals surface area contributed by atoms with Crippen LogP contribution in [0.1, 0.15) is 50.0 Å². The Morgan fingerprint density at radius 2 is 1.96 bits per heavy atom. The summed E-state index contributed by atoms with van der Waals surface area (Å²) < 4.78 is 10.7. The summed E-state index contributed by atoms with van der Waals surface area (Å²) in [4.78, 5) is 21.3. The van der Waals surface area contributed by atoms with Gasteiger partial charge in [-0.2, -0.15) is 4.98 Å². The summed E-state index contributed by atoms with van der Waals surface area (Å²) in [6.45, 7) is 9.18. The molecule has 7 nitrogen and oxygen atoms in total. The number of aromatic nitrogens is 2. The van der Waals surface area contributed by atoms with Crippen LogP contribution >= 0.6 is 0 Å². The number of hydrogen-bond donors (Lipinski definition) is 0. The number of hydrogen-bond acceptors (Lipinski definition) is 6. The molecule has 0 bridgehead atoms. The minimum absolute atomic E-state index is 0.0561. The van der Waals surface area contributed by atoms with E-state index in [1.807, 2.05) is 43.0 Å². The monoisotopic (exact) mass is 372 g/mol. The summed E-state index contributed by atoms with van der Waals surface area (Å²) in [5, 5.41) is 4.05. The van der Waals surface area contributed by atoms with Crippen molar-refractivity contribution in [3.05, 3.63) is 41.5 Å². The first-order valence-corrected chi connectivity index (χ1v) is 9.46. The molecule has 3 rings (SSSR count). The maximum Gasteiger partial charge on any atom is 0.243 e. The standard InChI is InChI=1S/C20H28N4O3/c1-14(2)19-21-20(27-22-19)15(3)23-8-10-24(11-9-23)18(25)13-16-6-5-7-17(12-16)26-4/h5-7,12,14-15H,8-11,13H2,1-4H3. The van der Waals surface area contributed by atoms with Crippen molar-refractivity contribution in [1.29, 1.82) is 0 Å². The van der Waals surface area contributed by atoms with E-state index in [4.69, 9.17) is 9.26 Å². The SMILES string of the molecule is COc1cccc(CC(=O)N2CCN(C(C)c3nc(C(C)C)no3)CC2)c1. The molecule has 0 spiro atoms. The van der Waals surface area contributed by atoms with Crippen molar-refractivity contribution in [1.82, 2.24) is 19.9 Å². The molecule has 1 atom stereocenters. The lowest BCUT2D eigenvalue weighted by Gasteiger charge is -2.36. The molecule has 1 aliphatic heterocycles. The molecule has 7 heteroatoms. The van der Waals surface area contributed by atoms with Crippen LogP contribution < -0.4 is 4.74 Å². The molecule has 1 aromatic heterocycles. The first kappa shape index (κ1) is 19.4. The number of carbonyl (C=O) groups excluding carboxylic acids is 1. The van der Waals surface area contributed by atoms with E-state index in [0.717, 1.165) is 30.2 Å². The lowest BCUT2D eigenvalue weighted by molar-refractivity contribution is -0.132. The Morgan fingerprint density at radius 1 is 1.22 bits per heavy atom. The second-order valence-corrected chi connectivity index (χ2v) is 7.27. The summed E-state index contributed by atoms with van der Waals surface area (Å²) in [6.07, 6.45) is 0.397. The highest BCUT2D eigenvalue weighted by Gasteiger charge is 2.27. The number of nitrogens with zero attached hydrogens (tertiary/aromatic N) is 4. The molecule has 2 aromatic rings. The van der Waals surface area contributed by atoms with Crippen molar-refractivity contribution in [2.24, 2.45) is 0 Å². The van der Waals surface area contributed by atoms with Crippen LogP contribution in [-0.4, -0.2) is 59.1 Å². The summed E-state index contributed by atoms with van der Waals surface area (Å²) in [6, 6.07) is 7.73. The van der Waals surface area contributed by atoms with E-state index in [-0.39, 0.29) is 17.9 Å². The zero-order chi connectivity index (χ0) is 19.4. The van der Waals surface area contributed by atoms with Gasteiger partial charge in [0.15, 0.2) is 5.82 Å². The summed E-state index contributed by atoms with van der Waals surface area (Å²) >= 11 is 0. The van der Waals surface area contributed by atoms with E-state index in [0.29, 0.717) is 25.4 Å². The van der Waals surface area contributed by atoms with Crippen molar-refractivity contribution >= 4 is 5.91 Å². The molecule has 1 aromatic carbocycles. The molecule has 0 radical (unpaired) electrons. The maximum atomic E-state index is 12.6. The highest BCUT2D eigenvalue weighted by atomic mass is 16.5. The van der Waals surface area contributed by atoms with E-state index in [1.165, 1.54) is 0 Å². The van der Waals surface area contributed by atoms with Crippen molar-refractivity contribution in [3.63, 3.8) is 0 Å². The van der Waals surface area contributed by atoms with Crippen LogP contribution in [0, 0.1) is 0 Å². The molecule has 146 valence electrons. The van der Waals surface area contributed by atoms with Crippen LogP contribution in [-0.2, 0) is 11.2 Å². The van der Waals surface area contributed by atoms with Crippen molar-refractivity contribution < 1.29 is 14.1 Å². The first-order chi connectivity index (χ1) is 13.0. The van der Waals surface area contributed by atoms with E-state index < -0.39 is 0 Å². The Kier molecular flexibility index (Phi) is 6.11. The molecule has 27 heavy (non-hydrogen) atoms. The van der Waals surface area contributed by atoms with Gasteiger partial charge in [-0.15, -0.1) is 0 Å². The molecule has 1 saturated heterocycles. The lowest BCUT2D eigenvalue weighted by Crippen LogP contribution is -2.49. The average Bonchev–Trinajstić information content (AvgIpc) is 3.18. The predicted molar refractivity (Wildman–Crippen MR) is 102 cm³/mol. The molecule has 2 heterocycles. The molecule has 0 aliphatic carbocycles. The number of ether oxygens (including phenoxy) is 1. The fourth-order valence-electron chi connectivity index (χ4n) is 3.24. The van der Waals surface area contributed by atoms with Crippen LogP contribution in [0.4, 0.5) is 0 Å². The largest absolute Gasteiger partial charge is 0.497 e. The third-order valence-corrected chi connectivity index (χ3v) is 5.04. The normalized spacial score (nSPS) is 16.6. The van der Waals surface area contributed by atoms with Crippen molar-refractivity contribution in [3.8, 4) is 5.75 Å². The van der Waals surface area contributed by atoms with E-state index in [1.54, 1.807) is 7.11 Å². The smallest absolute Gasteiger partial charge is 0.243 e. The van der Waals surface area contributed by atoms with Crippen molar-refractivity contribution in [2.75, 3.05) is 33.3 Å². The van der Waals surface area contributed by atoms with Crippen LogP contribution in [0.3, 0.4) is 0 Å². The van der Waals surface area contributed by atoms with Gasteiger partial charge in [-0.3, -0.25) is 9.69 Å². The molecule has 1 fully saturated rings. The molecular weight excluding hydrogens is 344 g/mol. The molecule has 0 saturated carbocycles. The van der Waals surface area contributed by atoms with Gasteiger partial charge in [-0.1, -0.05) is 31.1 Å². The molecule has 0 N–H and O–H groups in total. The highest BCUT2D eigenvalue weighted by molar-refractivity contribution is 5.79. The van der Waals surface area contributed by atoms with Gasteiger partial charge in [0.1, 0.15) is 5.75 Å². The number of piperazine rings is 1. The van der Waals surface area contributed by atoms with Gasteiger partial charge in [0, 0.05) is 32.1 Å². The van der Waals surface area contributed by atoms with Gasteiger partial charge in [0.2, 0.25) is 11.8 Å². The minimum Gasteiger partial charge on any atom is -0.497 e. The number of methoxy groups -OCH3 is 1. The van der Waals surface area contributed by atoms with Crippen molar-refractivity contribution in [2.45, 2.75) is 39.2 Å². The van der Waals surface area contributed by atoms with Gasteiger partial charge in [-0.25, -0.2) is 0 Å². The van der Waals surface area contributed by atoms with Crippen LogP contribution in [0.15, 0.2) is 28.8 Å². The minimum atomic E-state index is 0.0561. The Hall–Kier alpha value is -2.41. The first-order valence-electron chi connectivity index (χ1n) is 9.46. The summed E-state index contributed by atoms with van der Waals surface area (Å²) in [7, 11) is 1.63. The summed E-state index contributed by atoms with van der Waals surface area (Å²) in [5.41, 5.74) is 0.974. The highest BCUT2D eigenvalue weighted by Crippen LogP contribution is 2.22. The fraction of sp³-hybridized carbons (Fsp3) is 0.550. The van der Waals surface area contributed by atoms with Gasteiger partial charge in [0.25, 0.3) is 0 Å². The zero-order valence-corrected chi connectivity index (χ0v) is 16.5. The number of rotatable bonds is 6. The quantitative estimate of drug-likeness (QED) is 0.776. The molecule has 1 amide bonds. The zero-order valence-electron chi connectivity index (χ0n) is 16.5. The third-order valence-electron chi connectivity index (χ3n) is 5.04. The number of carbonyl (C=O) groups is 1. The van der Waals surface area contributed by atoms with Gasteiger partial charge in [-0.05, 0) is 24.6 Å². The average molecular weight is 372 g/mol. The Morgan fingerprint density at radius 3 is 2.59 bits per heavy atom. The third kappa shape index (κ3) is 4.66. The fourth-order valence-corrected chi connectivity index (χ4v) is 3.24. The van der Waals surface area contributed by atoms with Gasteiger partial charge >= 0.3 is 0 Å². The Bertz CT molecular complexity index is 766. The Balaban J connectivity index is 1.53. The van der Waals surface area contributed by atoms with Crippen LogP contribution in [0.25, 0.3) is 0 Å². The molecule has 1 aliphatic rings. The molecular formula is C20H28N4O3. The summed E-state index contributed by atoms with van der Waals surface area (Å²) in [5.74, 6) is 2.56. The topological polar surface area (TPSA) is 71.7 Å². The number of benzene rings is 1. The van der Waals surface area contributed by atoms with E-state index >= 15 is 0 Å².